The monoisotopic (exact) mass is 224 g/mol. The Balaban J connectivity index is 2.76. The summed E-state index contributed by atoms with van der Waals surface area (Å²) in [5, 5.41) is 4.45. The van der Waals surface area contributed by atoms with E-state index in [-0.39, 0.29) is 5.54 Å². The topological polar surface area (TPSA) is 47.1 Å². The van der Waals surface area contributed by atoms with E-state index in [0.717, 1.165) is 18.7 Å². The molecule has 16 heavy (non-hydrogen) atoms. The predicted molar refractivity (Wildman–Crippen MR) is 67.2 cm³/mol. The van der Waals surface area contributed by atoms with Gasteiger partial charge in [0.1, 0.15) is 0 Å². The molecule has 0 aliphatic carbocycles. The van der Waals surface area contributed by atoms with Crippen LogP contribution in [0.3, 0.4) is 0 Å². The molecule has 0 unspecified atom stereocenters. The van der Waals surface area contributed by atoms with Crippen LogP contribution in [-0.4, -0.2) is 33.8 Å². The van der Waals surface area contributed by atoms with E-state index in [9.17, 15) is 0 Å². The van der Waals surface area contributed by atoms with Crippen molar-refractivity contribution in [1.29, 1.82) is 0 Å². The lowest BCUT2D eigenvalue weighted by atomic mass is 10.0. The van der Waals surface area contributed by atoms with Gasteiger partial charge in [0.15, 0.2) is 0 Å². The van der Waals surface area contributed by atoms with Crippen LogP contribution in [-0.2, 0) is 20.0 Å². The van der Waals surface area contributed by atoms with Crippen molar-refractivity contribution in [2.24, 2.45) is 12.8 Å². The number of aryl methyl sites for hydroxylation is 2. The molecule has 0 fully saturated rings. The second-order valence-corrected chi connectivity index (χ2v) is 4.98. The lowest BCUT2D eigenvalue weighted by Crippen LogP contribution is -2.46. The van der Waals surface area contributed by atoms with Crippen LogP contribution < -0.4 is 5.73 Å². The van der Waals surface area contributed by atoms with E-state index in [1.54, 1.807) is 0 Å². The van der Waals surface area contributed by atoms with Crippen molar-refractivity contribution in [2.45, 2.75) is 39.3 Å². The molecule has 1 heterocycles. The van der Waals surface area contributed by atoms with Gasteiger partial charge in [-0.2, -0.15) is 5.10 Å². The highest BCUT2D eigenvalue weighted by molar-refractivity contribution is 5.10. The fourth-order valence-electron chi connectivity index (χ4n) is 1.51. The summed E-state index contributed by atoms with van der Waals surface area (Å²) in [6, 6.07) is 2.17. The minimum atomic E-state index is 0.0245. The van der Waals surface area contributed by atoms with Gasteiger partial charge >= 0.3 is 0 Å². The first-order valence-corrected chi connectivity index (χ1v) is 5.83. The van der Waals surface area contributed by atoms with Crippen LogP contribution in [0.15, 0.2) is 6.07 Å². The maximum Gasteiger partial charge on any atom is 0.0625 e. The average Bonchev–Trinajstić information content (AvgIpc) is 2.59. The van der Waals surface area contributed by atoms with Crippen LogP contribution in [0.5, 0.6) is 0 Å². The number of likely N-dealkylation sites (N-methyl/N-ethyl adjacent to an activating group) is 1. The molecule has 0 saturated carbocycles. The Labute approximate surface area is 98.4 Å². The molecular formula is C12H24N4. The quantitative estimate of drug-likeness (QED) is 0.816. The van der Waals surface area contributed by atoms with Gasteiger partial charge in [-0.15, -0.1) is 0 Å². The summed E-state index contributed by atoms with van der Waals surface area (Å²) in [7, 11) is 4.10. The third-order valence-corrected chi connectivity index (χ3v) is 3.32. The first kappa shape index (κ1) is 13.2. The largest absolute Gasteiger partial charge is 0.329 e. The molecule has 1 rings (SSSR count). The van der Waals surface area contributed by atoms with Gasteiger partial charge in [-0.1, -0.05) is 6.92 Å². The highest BCUT2D eigenvalue weighted by Crippen LogP contribution is 2.15. The lowest BCUT2D eigenvalue weighted by molar-refractivity contribution is 0.152. The van der Waals surface area contributed by atoms with Crippen molar-refractivity contribution in [3.63, 3.8) is 0 Å². The van der Waals surface area contributed by atoms with E-state index in [1.807, 2.05) is 11.7 Å². The van der Waals surface area contributed by atoms with E-state index in [0.29, 0.717) is 6.54 Å². The molecule has 0 saturated heterocycles. The molecule has 2 N–H and O–H groups in total. The molecule has 0 radical (unpaired) electrons. The second kappa shape index (κ2) is 4.97. The van der Waals surface area contributed by atoms with Crippen LogP contribution in [0, 0.1) is 0 Å². The maximum atomic E-state index is 5.77. The Bertz CT molecular complexity index is 341. The van der Waals surface area contributed by atoms with Crippen molar-refractivity contribution < 1.29 is 0 Å². The number of nitrogens with zero attached hydrogens (tertiary/aromatic N) is 3. The number of aromatic nitrogens is 2. The summed E-state index contributed by atoms with van der Waals surface area (Å²) in [4.78, 5) is 2.27. The standard InChI is InChI=1S/C12H24N4/c1-6-10-7-11(16(5)14-10)8-15(4)12(2,3)9-13/h7H,6,8-9,13H2,1-5H3. The predicted octanol–water partition coefficient (Wildman–Crippen LogP) is 1.15. The SMILES string of the molecule is CCc1cc(CN(C)C(C)(C)CN)n(C)n1. The highest BCUT2D eigenvalue weighted by Gasteiger charge is 2.22. The molecule has 0 amide bonds. The summed E-state index contributed by atoms with van der Waals surface area (Å²) in [6.45, 7) is 7.98. The zero-order chi connectivity index (χ0) is 12.3. The van der Waals surface area contributed by atoms with E-state index >= 15 is 0 Å². The van der Waals surface area contributed by atoms with E-state index < -0.39 is 0 Å². The lowest BCUT2D eigenvalue weighted by Gasteiger charge is -2.34. The number of hydrogen-bond acceptors (Lipinski definition) is 3. The second-order valence-electron chi connectivity index (χ2n) is 4.98. The fourth-order valence-corrected chi connectivity index (χ4v) is 1.51. The third-order valence-electron chi connectivity index (χ3n) is 3.32. The van der Waals surface area contributed by atoms with Crippen LogP contribution in [0.25, 0.3) is 0 Å². The maximum absolute atomic E-state index is 5.77. The summed E-state index contributed by atoms with van der Waals surface area (Å²) in [5.41, 5.74) is 8.18. The first-order valence-electron chi connectivity index (χ1n) is 5.83. The van der Waals surface area contributed by atoms with Crippen molar-refractivity contribution >= 4 is 0 Å². The molecule has 0 spiro atoms. The van der Waals surface area contributed by atoms with Crippen molar-refractivity contribution in [3.05, 3.63) is 17.5 Å². The highest BCUT2D eigenvalue weighted by atomic mass is 15.3. The Morgan fingerprint density at radius 3 is 2.56 bits per heavy atom. The third kappa shape index (κ3) is 2.83. The Morgan fingerprint density at radius 2 is 2.12 bits per heavy atom. The van der Waals surface area contributed by atoms with E-state index in [2.05, 4.69) is 43.9 Å². The molecule has 0 aliphatic rings. The minimum absolute atomic E-state index is 0.0245. The van der Waals surface area contributed by atoms with E-state index in [1.165, 1.54) is 5.69 Å². The number of rotatable bonds is 5. The molecule has 1 aromatic rings. The minimum Gasteiger partial charge on any atom is -0.329 e. The number of nitrogens with two attached hydrogens (primary N) is 1. The van der Waals surface area contributed by atoms with Crippen molar-refractivity contribution in [2.75, 3.05) is 13.6 Å². The fraction of sp³-hybridized carbons (Fsp3) is 0.750. The van der Waals surface area contributed by atoms with Gasteiger partial charge in [-0.05, 0) is 33.4 Å². The molecule has 4 nitrogen and oxygen atoms in total. The van der Waals surface area contributed by atoms with Gasteiger partial charge in [0.05, 0.1) is 11.4 Å². The smallest absolute Gasteiger partial charge is 0.0625 e. The molecule has 0 atom stereocenters. The molecule has 4 heteroatoms. The van der Waals surface area contributed by atoms with Gasteiger partial charge in [0.2, 0.25) is 0 Å². The molecule has 92 valence electrons. The molecule has 0 aliphatic heterocycles. The van der Waals surface area contributed by atoms with Crippen molar-refractivity contribution in [1.82, 2.24) is 14.7 Å². The molecule has 0 bridgehead atoms. The van der Waals surface area contributed by atoms with Crippen LogP contribution in [0.2, 0.25) is 0 Å². The molecular weight excluding hydrogens is 200 g/mol. The van der Waals surface area contributed by atoms with Crippen molar-refractivity contribution in [3.8, 4) is 0 Å². The van der Waals surface area contributed by atoms with Gasteiger partial charge < -0.3 is 5.73 Å². The zero-order valence-electron chi connectivity index (χ0n) is 11.1. The van der Waals surface area contributed by atoms with E-state index in [4.69, 9.17) is 5.73 Å². The van der Waals surface area contributed by atoms with Gasteiger partial charge in [0.25, 0.3) is 0 Å². The van der Waals surface area contributed by atoms with Gasteiger partial charge in [-0.3, -0.25) is 9.58 Å². The average molecular weight is 224 g/mol. The van der Waals surface area contributed by atoms with Crippen LogP contribution in [0.1, 0.15) is 32.2 Å². The summed E-state index contributed by atoms with van der Waals surface area (Å²) in [6.07, 6.45) is 0.984. The summed E-state index contributed by atoms with van der Waals surface area (Å²) in [5.74, 6) is 0. The number of hydrogen-bond donors (Lipinski definition) is 1. The summed E-state index contributed by atoms with van der Waals surface area (Å²) >= 11 is 0. The molecule has 1 aromatic heterocycles. The van der Waals surface area contributed by atoms with Crippen LogP contribution in [0.4, 0.5) is 0 Å². The normalized spacial score (nSPS) is 12.4. The summed E-state index contributed by atoms with van der Waals surface area (Å²) < 4.78 is 1.96. The Hall–Kier alpha value is -0.870. The van der Waals surface area contributed by atoms with Crippen LogP contribution >= 0.6 is 0 Å². The van der Waals surface area contributed by atoms with Gasteiger partial charge in [0, 0.05) is 25.7 Å². The zero-order valence-corrected chi connectivity index (χ0v) is 11.1. The Morgan fingerprint density at radius 1 is 1.50 bits per heavy atom. The Kier molecular flexibility index (Phi) is 4.10. The van der Waals surface area contributed by atoms with Gasteiger partial charge in [-0.25, -0.2) is 0 Å². The first-order chi connectivity index (χ1) is 7.40. The molecule has 0 aromatic carbocycles.